The zero-order chi connectivity index (χ0) is 29.2. The summed E-state index contributed by atoms with van der Waals surface area (Å²) in [7, 11) is 0. The van der Waals surface area contributed by atoms with Crippen LogP contribution in [0.2, 0.25) is 0 Å². The number of benzene rings is 2. The van der Waals surface area contributed by atoms with Crippen LogP contribution in [0.25, 0.3) is 11.0 Å². The monoisotopic (exact) mass is 572 g/mol. The van der Waals surface area contributed by atoms with E-state index >= 15 is 0 Å². The van der Waals surface area contributed by atoms with Crippen molar-refractivity contribution in [3.8, 4) is 5.88 Å². The third kappa shape index (κ3) is 5.91. The van der Waals surface area contributed by atoms with Gasteiger partial charge in [0.05, 0.1) is 41.4 Å². The van der Waals surface area contributed by atoms with Crippen LogP contribution in [0.1, 0.15) is 69.9 Å². The normalized spacial score (nSPS) is 17.7. The maximum atomic E-state index is 14.6. The van der Waals surface area contributed by atoms with Crippen LogP contribution in [0.3, 0.4) is 0 Å². The lowest BCUT2D eigenvalue weighted by Crippen LogP contribution is -2.35. The molecular weight excluding hydrogens is 539 g/mol. The zero-order valence-corrected chi connectivity index (χ0v) is 23.5. The van der Waals surface area contributed by atoms with Gasteiger partial charge in [-0.25, -0.2) is 19.2 Å². The number of aromatic carboxylic acids is 1. The molecule has 2 fully saturated rings. The van der Waals surface area contributed by atoms with Crippen molar-refractivity contribution in [1.29, 1.82) is 0 Å². The average molecular weight is 573 g/mol. The Balaban J connectivity index is 1.10. The molecule has 0 radical (unpaired) electrons. The van der Waals surface area contributed by atoms with Crippen molar-refractivity contribution in [2.24, 2.45) is 0 Å². The molecule has 2 aliphatic rings. The van der Waals surface area contributed by atoms with Crippen molar-refractivity contribution in [3.63, 3.8) is 0 Å². The van der Waals surface area contributed by atoms with E-state index in [4.69, 9.17) is 19.4 Å². The molecule has 4 heterocycles. The highest BCUT2D eigenvalue weighted by atomic mass is 19.1. The second kappa shape index (κ2) is 12.0. The van der Waals surface area contributed by atoms with Crippen LogP contribution in [0.4, 0.5) is 4.39 Å². The van der Waals surface area contributed by atoms with Crippen LogP contribution in [0, 0.1) is 5.82 Å². The van der Waals surface area contributed by atoms with Crippen molar-refractivity contribution in [1.82, 2.24) is 19.4 Å². The summed E-state index contributed by atoms with van der Waals surface area (Å²) in [4.78, 5) is 35.2. The molecule has 6 rings (SSSR count). The lowest BCUT2D eigenvalue weighted by atomic mass is 9.93. The van der Waals surface area contributed by atoms with Crippen LogP contribution < -0.4 is 4.74 Å². The maximum absolute atomic E-state index is 14.6. The number of hydrogen-bond donors (Lipinski definition) is 1. The first-order valence-electron chi connectivity index (χ1n) is 14.3. The largest absolute Gasteiger partial charge is 0.478 e. The Hall–Kier alpha value is -4.15. The second-order valence-electron chi connectivity index (χ2n) is 11.0. The van der Waals surface area contributed by atoms with Crippen molar-refractivity contribution < 1.29 is 28.6 Å². The number of halogens is 1. The number of ketones is 1. The first kappa shape index (κ1) is 28.0. The number of likely N-dealkylation sites (tertiary alicyclic amines) is 1. The fourth-order valence-electron chi connectivity index (χ4n) is 5.70. The first-order chi connectivity index (χ1) is 20.4. The number of carbonyl (C=O) groups is 2. The summed E-state index contributed by atoms with van der Waals surface area (Å²) in [6, 6.07) is 15.5. The molecule has 1 unspecified atom stereocenters. The van der Waals surface area contributed by atoms with Gasteiger partial charge in [0.1, 0.15) is 18.2 Å². The van der Waals surface area contributed by atoms with Crippen molar-refractivity contribution >= 4 is 22.8 Å². The van der Waals surface area contributed by atoms with Gasteiger partial charge in [-0.2, -0.15) is 0 Å². The SMILES string of the molecule is CC(=O)c1cccc(COc2cccc(C3CCN(Cc4nc5ccc(C(=O)O)cc5n4CC4CCO4)CC3)n2)c1F. The quantitative estimate of drug-likeness (QED) is 0.258. The van der Waals surface area contributed by atoms with Crippen LogP contribution >= 0.6 is 0 Å². The van der Waals surface area contributed by atoms with E-state index in [0.717, 1.165) is 61.5 Å². The standard InChI is InChI=1S/C32H33FN4O5/c1-20(38)25-5-2-4-23(31(25)33)19-42-30-7-3-6-26(35-30)21-10-13-36(14-11-21)18-29-34-27-9-8-22(32(39)40)16-28(27)37(29)17-24-12-15-41-24/h2-9,16,21,24H,10-15,17-19H2,1H3,(H,39,40). The Bertz CT molecular complexity index is 1620. The van der Waals surface area contributed by atoms with E-state index in [0.29, 0.717) is 24.5 Å². The first-order valence-corrected chi connectivity index (χ1v) is 14.3. The molecule has 2 aliphatic heterocycles. The van der Waals surface area contributed by atoms with Crippen LogP contribution in [-0.2, 0) is 24.4 Å². The number of aromatic nitrogens is 3. The number of fused-ring (bicyclic) bond motifs is 1. The number of imidazole rings is 1. The second-order valence-corrected chi connectivity index (χ2v) is 11.0. The Morgan fingerprint density at radius 2 is 1.86 bits per heavy atom. The predicted molar refractivity (Wildman–Crippen MR) is 153 cm³/mol. The molecule has 0 saturated carbocycles. The molecule has 4 aromatic rings. The highest BCUT2D eigenvalue weighted by molar-refractivity contribution is 5.94. The number of carboxylic acid groups (broad SMARTS) is 1. The van der Waals surface area contributed by atoms with Gasteiger partial charge in [-0.05, 0) is 69.6 Å². The minimum atomic E-state index is -0.953. The van der Waals surface area contributed by atoms with E-state index in [1.807, 2.05) is 12.1 Å². The van der Waals surface area contributed by atoms with Crippen LogP contribution in [0.5, 0.6) is 5.88 Å². The zero-order valence-electron chi connectivity index (χ0n) is 23.5. The summed E-state index contributed by atoms with van der Waals surface area (Å²) in [5.74, 6) is -0.220. The van der Waals surface area contributed by atoms with E-state index < -0.39 is 11.8 Å². The summed E-state index contributed by atoms with van der Waals surface area (Å²) >= 11 is 0. The number of pyridine rings is 1. The fourth-order valence-corrected chi connectivity index (χ4v) is 5.70. The summed E-state index contributed by atoms with van der Waals surface area (Å²) in [6.45, 7) is 5.14. The third-order valence-electron chi connectivity index (χ3n) is 8.20. The summed E-state index contributed by atoms with van der Waals surface area (Å²) < 4.78 is 28.3. The molecule has 0 amide bonds. The maximum Gasteiger partial charge on any atom is 0.335 e. The van der Waals surface area contributed by atoms with Crippen molar-refractivity contribution in [2.45, 2.75) is 57.9 Å². The molecule has 10 heteroatoms. The lowest BCUT2D eigenvalue weighted by molar-refractivity contribution is -0.0592. The van der Waals surface area contributed by atoms with Gasteiger partial charge in [0, 0.05) is 29.8 Å². The van der Waals surface area contributed by atoms with E-state index in [1.165, 1.54) is 13.0 Å². The average Bonchev–Trinajstić information content (AvgIpc) is 3.30. The number of piperidine rings is 1. The number of carbonyl (C=O) groups excluding carboxylic acids is 1. The summed E-state index contributed by atoms with van der Waals surface area (Å²) in [5, 5.41) is 9.50. The Labute approximate surface area is 242 Å². The van der Waals surface area contributed by atoms with E-state index in [1.54, 1.807) is 36.4 Å². The Morgan fingerprint density at radius 1 is 1.07 bits per heavy atom. The topological polar surface area (TPSA) is 107 Å². The fraction of sp³-hybridized carbons (Fsp3) is 0.375. The van der Waals surface area contributed by atoms with Gasteiger partial charge >= 0.3 is 5.97 Å². The minimum absolute atomic E-state index is 0.0112. The number of rotatable bonds is 10. The molecule has 218 valence electrons. The highest BCUT2D eigenvalue weighted by Gasteiger charge is 2.26. The van der Waals surface area contributed by atoms with Gasteiger partial charge in [-0.3, -0.25) is 9.69 Å². The van der Waals surface area contributed by atoms with E-state index in [9.17, 15) is 19.1 Å². The Morgan fingerprint density at radius 3 is 2.57 bits per heavy atom. The molecule has 1 N–H and O–H groups in total. The van der Waals surface area contributed by atoms with Gasteiger partial charge in [-0.1, -0.05) is 18.2 Å². The molecular formula is C32H33FN4O5. The number of Topliss-reactive ketones (excluding diaryl/α,β-unsaturated/α-hetero) is 1. The smallest absolute Gasteiger partial charge is 0.335 e. The third-order valence-corrected chi connectivity index (χ3v) is 8.20. The number of ether oxygens (including phenoxy) is 2. The molecule has 9 nitrogen and oxygen atoms in total. The Kier molecular flexibility index (Phi) is 7.99. The minimum Gasteiger partial charge on any atom is -0.478 e. The summed E-state index contributed by atoms with van der Waals surface area (Å²) in [6.07, 6.45) is 2.94. The molecule has 0 bridgehead atoms. The lowest BCUT2D eigenvalue weighted by Gasteiger charge is -2.32. The molecule has 2 aromatic heterocycles. The number of hydrogen-bond acceptors (Lipinski definition) is 7. The molecule has 2 saturated heterocycles. The van der Waals surface area contributed by atoms with E-state index in [2.05, 4.69) is 9.47 Å². The highest BCUT2D eigenvalue weighted by Crippen LogP contribution is 2.30. The van der Waals surface area contributed by atoms with Gasteiger partial charge in [0.15, 0.2) is 5.78 Å². The van der Waals surface area contributed by atoms with Gasteiger partial charge in [0.2, 0.25) is 5.88 Å². The molecule has 42 heavy (non-hydrogen) atoms. The molecule has 0 aliphatic carbocycles. The van der Waals surface area contributed by atoms with Crippen molar-refractivity contribution in [2.75, 3.05) is 19.7 Å². The van der Waals surface area contributed by atoms with Crippen LogP contribution in [-0.4, -0.2) is 62.1 Å². The van der Waals surface area contributed by atoms with Gasteiger partial charge in [-0.15, -0.1) is 0 Å². The van der Waals surface area contributed by atoms with Gasteiger partial charge < -0.3 is 19.1 Å². The molecule has 0 spiro atoms. The van der Waals surface area contributed by atoms with Crippen LogP contribution in [0.15, 0.2) is 54.6 Å². The van der Waals surface area contributed by atoms with E-state index in [-0.39, 0.29) is 35.5 Å². The number of carboxylic acids is 1. The predicted octanol–water partition coefficient (Wildman–Crippen LogP) is 5.22. The molecule has 2 aromatic carbocycles. The summed E-state index contributed by atoms with van der Waals surface area (Å²) in [5.41, 5.74) is 3.18. The molecule has 1 atom stereocenters. The van der Waals surface area contributed by atoms with Gasteiger partial charge in [0.25, 0.3) is 0 Å². The van der Waals surface area contributed by atoms with Crippen molar-refractivity contribution in [3.05, 3.63) is 88.6 Å². The number of nitrogens with zero attached hydrogens (tertiary/aromatic N) is 4.